The fourth-order valence-electron chi connectivity index (χ4n) is 0. The summed E-state index contributed by atoms with van der Waals surface area (Å²) in [6.45, 7) is 0. The van der Waals surface area contributed by atoms with Crippen molar-refractivity contribution >= 4 is 9.90 Å². The molecule has 0 nitrogen and oxygen atoms in total. The molecule has 1 atom stereocenters. The minimum absolute atomic E-state index is 0. The Morgan fingerprint density at radius 1 is 0.333 bits per heavy atom. The van der Waals surface area contributed by atoms with Crippen molar-refractivity contribution in [1.29, 1.82) is 0 Å². The molecule has 0 bridgehead atoms. The molecule has 0 fully saturated rings. The smallest absolute Gasteiger partial charge is 0.153 e. The summed E-state index contributed by atoms with van der Waals surface area (Å²) in [6, 6.07) is 0. The SMILES string of the molecule is F.F.F.F.F.P. The molecule has 0 heterocycles. The van der Waals surface area contributed by atoms with E-state index >= 15 is 0 Å². The molecule has 0 aromatic rings. The summed E-state index contributed by atoms with van der Waals surface area (Å²) in [7, 11) is 0. The van der Waals surface area contributed by atoms with Gasteiger partial charge < -0.3 is 0 Å². The van der Waals surface area contributed by atoms with Crippen molar-refractivity contribution in [2.45, 2.75) is 0 Å². The topological polar surface area (TPSA) is 0 Å². The molecule has 0 rings (SSSR count). The zero-order valence-corrected chi connectivity index (χ0v) is 4.16. The van der Waals surface area contributed by atoms with Gasteiger partial charge in [-0.2, -0.15) is 9.90 Å². The molecule has 0 aromatic heterocycles. The number of hydrogen-bond acceptors (Lipinski definition) is 0. The molecule has 0 aliphatic rings. The first-order valence-corrected chi connectivity index (χ1v) is 0. The quantitative estimate of drug-likeness (QED) is 0.340. The van der Waals surface area contributed by atoms with Crippen LogP contribution in [-0.2, 0) is 0 Å². The summed E-state index contributed by atoms with van der Waals surface area (Å²) in [5.74, 6) is 0. The third-order valence-electron chi connectivity index (χ3n) is 0. The Bertz CT molecular complexity index is 3.90. The average Bonchev–Trinajstić information content (AvgIpc) is 0. The van der Waals surface area contributed by atoms with E-state index in [1.165, 1.54) is 0 Å². The summed E-state index contributed by atoms with van der Waals surface area (Å²) < 4.78 is 0. The second kappa shape index (κ2) is 13200. The molecule has 0 radical (unpaired) electrons. The van der Waals surface area contributed by atoms with Gasteiger partial charge in [0.2, 0.25) is 0 Å². The summed E-state index contributed by atoms with van der Waals surface area (Å²) in [4.78, 5) is 0. The van der Waals surface area contributed by atoms with Crippen molar-refractivity contribution in [3.8, 4) is 0 Å². The second-order valence-corrected chi connectivity index (χ2v) is 0. The Kier molecular flexibility index (Phi) is 54000000. The molecule has 0 amide bonds. The lowest BCUT2D eigenvalue weighted by Crippen LogP contribution is 0.419. The molecule has 0 aliphatic heterocycles. The molecule has 0 aliphatic carbocycles. The molecule has 0 aromatic carbocycles. The maximum Gasteiger partial charge on any atom is -0.153 e. The van der Waals surface area contributed by atoms with Gasteiger partial charge in [0.1, 0.15) is 0 Å². The Balaban J connectivity index is 0. The predicted octanol–water partition coefficient (Wildman–Crippen LogP) is 0.821. The minimum Gasteiger partial charge on any atom is -0.269 e. The summed E-state index contributed by atoms with van der Waals surface area (Å²) in [6.07, 6.45) is 0. The zero-order valence-electron chi connectivity index (χ0n) is 2.75. The van der Waals surface area contributed by atoms with E-state index in [1.54, 1.807) is 0 Å². The lowest BCUT2D eigenvalue weighted by molar-refractivity contribution is 1.11. The maximum atomic E-state index is 0. The van der Waals surface area contributed by atoms with Crippen LogP contribution in [0.15, 0.2) is 0 Å². The predicted molar refractivity (Wildman–Crippen MR) is 23.6 cm³/mol. The van der Waals surface area contributed by atoms with Crippen molar-refractivity contribution in [3.05, 3.63) is 0 Å². The van der Waals surface area contributed by atoms with Crippen molar-refractivity contribution in [2.75, 3.05) is 0 Å². The second-order valence-electron chi connectivity index (χ2n) is 0. The van der Waals surface area contributed by atoms with Gasteiger partial charge in [0.05, 0.1) is 0 Å². The highest BCUT2D eigenvalue weighted by Crippen LogP contribution is 0.861. The van der Waals surface area contributed by atoms with E-state index < -0.39 is 0 Å². The lowest BCUT2D eigenvalue weighted by atomic mass is 19.0. The van der Waals surface area contributed by atoms with E-state index in [9.17, 15) is 0 Å². The van der Waals surface area contributed by atoms with Gasteiger partial charge in [-0.25, -0.2) is 0 Å². The van der Waals surface area contributed by atoms with Gasteiger partial charge >= 0.3 is 0 Å². The average molecular weight is 134 g/mol. The van der Waals surface area contributed by atoms with Gasteiger partial charge in [0.25, 0.3) is 0 Å². The highest BCUT2D eigenvalue weighted by atomic mass is 31.0. The first-order chi connectivity index (χ1) is 0. The van der Waals surface area contributed by atoms with E-state index in [2.05, 4.69) is 0 Å². The van der Waals surface area contributed by atoms with Gasteiger partial charge in [0.15, 0.2) is 0 Å². The Morgan fingerprint density at radius 3 is 0.333 bits per heavy atom. The van der Waals surface area contributed by atoms with Crippen molar-refractivity contribution < 1.29 is 23.5 Å². The number of rotatable bonds is 0. The van der Waals surface area contributed by atoms with Crippen molar-refractivity contribution in [3.63, 3.8) is 0 Å². The van der Waals surface area contributed by atoms with Crippen LogP contribution in [0.25, 0.3) is 0 Å². The van der Waals surface area contributed by atoms with Crippen LogP contribution < -0.4 is 0 Å². The molecular weight excluding hydrogens is 126 g/mol. The summed E-state index contributed by atoms with van der Waals surface area (Å²) in [5.41, 5.74) is 0. The van der Waals surface area contributed by atoms with Crippen LogP contribution in [-0.4, -0.2) is 0 Å². The van der Waals surface area contributed by atoms with Crippen molar-refractivity contribution in [2.24, 2.45) is 0 Å². The van der Waals surface area contributed by atoms with Crippen LogP contribution in [0, 0.1) is 0 Å². The highest BCUT2D eigenvalue weighted by Gasteiger charge is -0.153. The normalized spacial score (nSPS) is 0. The van der Waals surface area contributed by atoms with Gasteiger partial charge in [-0.15, -0.1) is 0 Å². The van der Waals surface area contributed by atoms with Gasteiger partial charge in [-0.05, 0) is 0 Å². The van der Waals surface area contributed by atoms with Crippen molar-refractivity contribution in [1.82, 2.24) is 0 Å². The van der Waals surface area contributed by atoms with E-state index in [-0.39, 0.29) is 33.4 Å². The summed E-state index contributed by atoms with van der Waals surface area (Å²) >= 11 is 0. The zero-order chi connectivity index (χ0) is 0. The highest BCUT2D eigenvalue weighted by molar-refractivity contribution is 6.92. The molecule has 0 saturated carbocycles. The molecule has 6 heteroatoms. The molecule has 0 saturated heterocycles. The maximum absolute atomic E-state index is 0. The number of hydrogen-bond donors (Lipinski definition) is 0. The van der Waals surface area contributed by atoms with Crippen LogP contribution in [0.1, 0.15) is 0 Å². The molecule has 6 heavy (non-hydrogen) atoms. The first-order valence-electron chi connectivity index (χ1n) is 0. The Hall–Kier alpha value is 0.0800. The minimum atomic E-state index is 0. The largest absolute Gasteiger partial charge is 0.269 e. The third-order valence-corrected chi connectivity index (χ3v) is 0. The Morgan fingerprint density at radius 2 is 0.333 bits per heavy atom. The summed E-state index contributed by atoms with van der Waals surface area (Å²) in [5, 5.41) is 0. The van der Waals surface area contributed by atoms with Crippen LogP contribution in [0.3, 0.4) is 0 Å². The number of halogens is 5. The first kappa shape index (κ1) is 24500. The fraction of sp³-hybridized carbons (Fsp3) is 0. The van der Waals surface area contributed by atoms with E-state index in [0.717, 1.165) is 0 Å². The molecule has 48 valence electrons. The van der Waals surface area contributed by atoms with Crippen LogP contribution in [0.4, 0.5) is 23.5 Å². The Labute approximate surface area is 34.8 Å². The van der Waals surface area contributed by atoms with E-state index in [0.29, 0.717) is 0 Å². The lowest BCUT2D eigenvalue weighted by Gasteiger charge is -0.270. The van der Waals surface area contributed by atoms with Gasteiger partial charge in [-0.1, -0.05) is 0 Å². The van der Waals surface area contributed by atoms with Gasteiger partial charge in [0, 0.05) is 0 Å². The fourth-order valence-corrected chi connectivity index (χ4v) is 0. The van der Waals surface area contributed by atoms with Crippen LogP contribution in [0.5, 0.6) is 0 Å². The molecule has 0 spiro atoms. The van der Waals surface area contributed by atoms with Gasteiger partial charge in [-0.3, -0.25) is 23.5 Å². The monoisotopic (exact) mass is 134 g/mol. The van der Waals surface area contributed by atoms with E-state index in [1.807, 2.05) is 0 Å². The molecular formula is H8F5P. The van der Waals surface area contributed by atoms with E-state index in [4.69, 9.17) is 0 Å². The third kappa shape index (κ3) is 6050. The van der Waals surface area contributed by atoms with Crippen LogP contribution in [0.2, 0.25) is 0 Å². The standard InChI is InChI=1S/5FH.H3P/h5*1H;1H3. The molecule has 1 unspecified atom stereocenters. The molecule has 0 N–H and O–H groups in total. The van der Waals surface area contributed by atoms with Crippen LogP contribution >= 0.6 is 9.90 Å².